The maximum atomic E-state index is 11.7. The number of aliphatic carboxylic acids is 1. The summed E-state index contributed by atoms with van der Waals surface area (Å²) >= 11 is 0. The number of ketones is 1. The van der Waals surface area contributed by atoms with E-state index >= 15 is 0 Å². The fraction of sp³-hybridized carbons (Fsp3) is 0.875. The maximum Gasteiger partial charge on any atom is 0.309 e. The highest BCUT2D eigenvalue weighted by Gasteiger charge is 2.26. The van der Waals surface area contributed by atoms with Crippen LogP contribution < -0.4 is 0 Å². The molecule has 0 rings (SSSR count). The van der Waals surface area contributed by atoms with Gasteiger partial charge in [-0.05, 0) is 44.9 Å². The van der Waals surface area contributed by atoms with Crippen LogP contribution in [0.15, 0.2) is 0 Å². The Morgan fingerprint density at radius 2 is 1.45 bits per heavy atom. The average Bonchev–Trinajstić information content (AvgIpc) is 2.34. The van der Waals surface area contributed by atoms with Crippen molar-refractivity contribution < 1.29 is 19.8 Å². The van der Waals surface area contributed by atoms with Gasteiger partial charge in [-0.15, -0.1) is 0 Å². The molecule has 0 aromatic heterocycles. The smallest absolute Gasteiger partial charge is 0.309 e. The van der Waals surface area contributed by atoms with E-state index in [4.69, 9.17) is 10.2 Å². The Bertz CT molecular complexity index is 318. The van der Waals surface area contributed by atoms with Gasteiger partial charge in [0.15, 0.2) is 0 Å². The largest absolute Gasteiger partial charge is 0.481 e. The number of aliphatic hydroxyl groups excluding tert-OH is 1. The molecule has 0 aliphatic rings. The molecule has 4 nitrogen and oxygen atoms in total. The summed E-state index contributed by atoms with van der Waals surface area (Å²) in [5, 5.41) is 18.1. The van der Waals surface area contributed by atoms with Crippen LogP contribution in [-0.2, 0) is 9.59 Å². The van der Waals surface area contributed by atoms with Crippen LogP contribution in [-0.4, -0.2) is 28.6 Å². The molecule has 0 atom stereocenters. The van der Waals surface area contributed by atoms with Crippen molar-refractivity contribution in [3.8, 4) is 0 Å². The molecule has 0 aliphatic heterocycles. The molecule has 0 aromatic rings. The molecule has 0 aliphatic carbocycles. The van der Waals surface area contributed by atoms with E-state index in [1.807, 2.05) is 13.8 Å². The number of hydrogen-bond donors (Lipinski definition) is 2. The van der Waals surface area contributed by atoms with Gasteiger partial charge < -0.3 is 10.2 Å². The Kier molecular flexibility index (Phi) is 8.02. The average molecular weight is 286 g/mol. The molecule has 0 aromatic carbocycles. The molecule has 20 heavy (non-hydrogen) atoms. The minimum absolute atomic E-state index is 0.105. The van der Waals surface area contributed by atoms with E-state index in [2.05, 4.69) is 0 Å². The first kappa shape index (κ1) is 19.1. The van der Waals surface area contributed by atoms with E-state index in [0.717, 1.165) is 25.7 Å². The standard InChI is InChI=1S/C16H30O4/c1-15(2,12-17)10-7-9-13(18)8-5-6-11-16(3,4)14(19)20/h17H,5-12H2,1-4H3,(H,19,20). The second-order valence-corrected chi connectivity index (χ2v) is 7.11. The van der Waals surface area contributed by atoms with Gasteiger partial charge in [-0.1, -0.05) is 20.3 Å². The highest BCUT2D eigenvalue weighted by Crippen LogP contribution is 2.25. The number of unbranched alkanes of at least 4 members (excludes halogenated alkanes) is 1. The third-order valence-electron chi connectivity index (χ3n) is 3.82. The van der Waals surface area contributed by atoms with Crippen molar-refractivity contribution in [2.45, 2.75) is 72.6 Å². The zero-order valence-electron chi connectivity index (χ0n) is 13.4. The monoisotopic (exact) mass is 286 g/mol. The molecule has 0 unspecified atom stereocenters. The second-order valence-electron chi connectivity index (χ2n) is 7.11. The molecule has 0 bridgehead atoms. The van der Waals surface area contributed by atoms with Crippen LogP contribution in [0.5, 0.6) is 0 Å². The van der Waals surface area contributed by atoms with Gasteiger partial charge in [-0.2, -0.15) is 0 Å². The molecular formula is C16H30O4. The summed E-state index contributed by atoms with van der Waals surface area (Å²) in [6.07, 6.45) is 4.90. The predicted molar refractivity (Wildman–Crippen MR) is 79.6 cm³/mol. The van der Waals surface area contributed by atoms with E-state index in [1.54, 1.807) is 13.8 Å². The fourth-order valence-corrected chi connectivity index (χ4v) is 1.96. The molecule has 0 amide bonds. The van der Waals surface area contributed by atoms with Crippen molar-refractivity contribution in [1.82, 2.24) is 0 Å². The van der Waals surface area contributed by atoms with Crippen molar-refractivity contribution in [2.24, 2.45) is 10.8 Å². The number of carboxylic acids is 1. The Morgan fingerprint density at radius 3 is 1.95 bits per heavy atom. The summed E-state index contributed by atoms with van der Waals surface area (Å²) in [5.41, 5.74) is -0.806. The third kappa shape index (κ3) is 8.31. The lowest BCUT2D eigenvalue weighted by Gasteiger charge is -2.20. The van der Waals surface area contributed by atoms with Gasteiger partial charge in [0.25, 0.3) is 0 Å². The van der Waals surface area contributed by atoms with Crippen molar-refractivity contribution in [3.05, 3.63) is 0 Å². The first-order valence-corrected chi connectivity index (χ1v) is 7.47. The minimum atomic E-state index is -0.782. The van der Waals surface area contributed by atoms with Gasteiger partial charge in [-0.25, -0.2) is 0 Å². The molecule has 118 valence electrons. The number of aliphatic hydroxyl groups is 1. The quantitative estimate of drug-likeness (QED) is 0.571. The number of carbonyl (C=O) groups excluding carboxylic acids is 1. The van der Waals surface area contributed by atoms with Crippen LogP contribution in [0.3, 0.4) is 0 Å². The summed E-state index contributed by atoms with van der Waals surface area (Å²) in [4.78, 5) is 22.6. The molecule has 0 spiro atoms. The molecule has 4 heteroatoms. The molecule has 0 fully saturated rings. The summed E-state index contributed by atoms with van der Waals surface area (Å²) < 4.78 is 0. The highest BCUT2D eigenvalue weighted by molar-refractivity contribution is 5.78. The maximum absolute atomic E-state index is 11.7. The topological polar surface area (TPSA) is 74.6 Å². The number of carbonyl (C=O) groups is 2. The minimum Gasteiger partial charge on any atom is -0.481 e. The molecule has 0 saturated heterocycles. The Morgan fingerprint density at radius 1 is 0.900 bits per heavy atom. The number of Topliss-reactive ketones (excluding diaryl/α,β-unsaturated/α-hetero) is 1. The van der Waals surface area contributed by atoms with Crippen molar-refractivity contribution in [2.75, 3.05) is 6.61 Å². The van der Waals surface area contributed by atoms with Gasteiger partial charge in [0, 0.05) is 19.4 Å². The summed E-state index contributed by atoms with van der Waals surface area (Å²) in [6, 6.07) is 0. The van der Waals surface area contributed by atoms with Gasteiger partial charge >= 0.3 is 5.97 Å². The summed E-state index contributed by atoms with van der Waals surface area (Å²) in [5.74, 6) is -0.540. The molecule has 0 radical (unpaired) electrons. The SMILES string of the molecule is CC(C)(CO)CCCC(=O)CCCCC(C)(C)C(=O)O. The Balaban J connectivity index is 3.73. The Hall–Kier alpha value is -0.900. The van der Waals surface area contributed by atoms with E-state index in [-0.39, 0.29) is 17.8 Å². The van der Waals surface area contributed by atoms with Crippen LogP contribution >= 0.6 is 0 Å². The van der Waals surface area contributed by atoms with E-state index < -0.39 is 11.4 Å². The van der Waals surface area contributed by atoms with Gasteiger partial charge in [0.05, 0.1) is 5.41 Å². The molecule has 0 heterocycles. The first-order valence-electron chi connectivity index (χ1n) is 7.47. The fourth-order valence-electron chi connectivity index (χ4n) is 1.96. The predicted octanol–water partition coefficient (Wildman–Crippen LogP) is 3.42. The molecule has 2 N–H and O–H groups in total. The second kappa shape index (κ2) is 8.40. The Labute approximate surface area is 122 Å². The normalized spacial score (nSPS) is 12.4. The van der Waals surface area contributed by atoms with Crippen LogP contribution in [0.25, 0.3) is 0 Å². The van der Waals surface area contributed by atoms with Crippen LogP contribution in [0.4, 0.5) is 0 Å². The number of rotatable bonds is 11. The summed E-state index contributed by atoms with van der Waals surface area (Å²) in [7, 11) is 0. The first-order chi connectivity index (χ1) is 9.10. The van der Waals surface area contributed by atoms with Gasteiger partial charge in [0.2, 0.25) is 0 Å². The lowest BCUT2D eigenvalue weighted by molar-refractivity contribution is -0.147. The van der Waals surface area contributed by atoms with Crippen LogP contribution in [0.1, 0.15) is 72.6 Å². The lowest BCUT2D eigenvalue weighted by atomic mass is 9.86. The highest BCUT2D eigenvalue weighted by atomic mass is 16.4. The van der Waals surface area contributed by atoms with Crippen molar-refractivity contribution in [1.29, 1.82) is 0 Å². The molecular weight excluding hydrogens is 256 g/mol. The van der Waals surface area contributed by atoms with Crippen molar-refractivity contribution in [3.63, 3.8) is 0 Å². The van der Waals surface area contributed by atoms with E-state index in [9.17, 15) is 9.59 Å². The number of carboxylic acid groups (broad SMARTS) is 1. The van der Waals surface area contributed by atoms with Crippen LogP contribution in [0, 0.1) is 10.8 Å². The van der Waals surface area contributed by atoms with E-state index in [1.165, 1.54) is 0 Å². The zero-order chi connectivity index (χ0) is 15.8. The van der Waals surface area contributed by atoms with Gasteiger partial charge in [-0.3, -0.25) is 9.59 Å². The summed E-state index contributed by atoms with van der Waals surface area (Å²) in [6.45, 7) is 7.56. The van der Waals surface area contributed by atoms with Crippen molar-refractivity contribution >= 4 is 11.8 Å². The third-order valence-corrected chi connectivity index (χ3v) is 3.82. The lowest BCUT2D eigenvalue weighted by Crippen LogP contribution is -2.23. The zero-order valence-corrected chi connectivity index (χ0v) is 13.4. The van der Waals surface area contributed by atoms with E-state index in [0.29, 0.717) is 19.3 Å². The van der Waals surface area contributed by atoms with Crippen LogP contribution in [0.2, 0.25) is 0 Å². The molecule has 0 saturated carbocycles. The van der Waals surface area contributed by atoms with Gasteiger partial charge in [0.1, 0.15) is 5.78 Å². The number of hydrogen-bond acceptors (Lipinski definition) is 3.